The Bertz CT molecular complexity index is 209. The van der Waals surface area contributed by atoms with Crippen LogP contribution >= 0.6 is 11.3 Å². The van der Waals surface area contributed by atoms with Crippen LogP contribution in [0.15, 0.2) is 11.4 Å². The van der Waals surface area contributed by atoms with Crippen molar-refractivity contribution in [3.63, 3.8) is 0 Å². The van der Waals surface area contributed by atoms with Crippen molar-refractivity contribution in [1.82, 2.24) is 0 Å². The van der Waals surface area contributed by atoms with E-state index in [1.807, 2.05) is 12.3 Å². The molecule has 1 atom stereocenters. The summed E-state index contributed by atoms with van der Waals surface area (Å²) in [5, 5.41) is 1.88. The lowest BCUT2D eigenvalue weighted by atomic mass is 10.2. The normalized spacial score (nSPS) is 13.5. The molecule has 3 heteroatoms. The van der Waals surface area contributed by atoms with Crippen LogP contribution in [-0.4, -0.2) is 6.54 Å². The van der Waals surface area contributed by atoms with Crippen LogP contribution in [0.4, 0.5) is 4.39 Å². The number of hydrogen-bond donors (Lipinski definition) is 1. The van der Waals surface area contributed by atoms with Crippen molar-refractivity contribution >= 4 is 11.3 Å². The van der Waals surface area contributed by atoms with Crippen molar-refractivity contribution in [1.29, 1.82) is 0 Å². The van der Waals surface area contributed by atoms with Crippen LogP contribution in [0.3, 0.4) is 0 Å². The van der Waals surface area contributed by atoms with E-state index < -0.39 is 6.17 Å². The summed E-state index contributed by atoms with van der Waals surface area (Å²) in [5.74, 6) is 0. The highest BCUT2D eigenvalue weighted by Crippen LogP contribution is 2.24. The molecule has 0 aliphatic carbocycles. The van der Waals surface area contributed by atoms with Crippen LogP contribution < -0.4 is 5.73 Å². The number of rotatable bonds is 2. The van der Waals surface area contributed by atoms with E-state index in [1.54, 1.807) is 17.4 Å². The molecule has 0 aromatic carbocycles. The zero-order chi connectivity index (χ0) is 7.56. The van der Waals surface area contributed by atoms with Gasteiger partial charge in [0.15, 0.2) is 0 Å². The van der Waals surface area contributed by atoms with Crippen molar-refractivity contribution in [2.24, 2.45) is 5.73 Å². The second kappa shape index (κ2) is 3.12. The highest BCUT2D eigenvalue weighted by molar-refractivity contribution is 7.10. The summed E-state index contributed by atoms with van der Waals surface area (Å²) in [4.78, 5) is 1.03. The maximum atomic E-state index is 12.8. The largest absolute Gasteiger partial charge is 0.327 e. The molecule has 2 N–H and O–H groups in total. The van der Waals surface area contributed by atoms with Gasteiger partial charge in [0.1, 0.15) is 6.17 Å². The van der Waals surface area contributed by atoms with Gasteiger partial charge in [0.05, 0.1) is 0 Å². The molecule has 1 aromatic rings. The summed E-state index contributed by atoms with van der Waals surface area (Å²) in [7, 11) is 0. The average molecular weight is 159 g/mol. The fourth-order valence-corrected chi connectivity index (χ4v) is 1.60. The monoisotopic (exact) mass is 159 g/mol. The van der Waals surface area contributed by atoms with E-state index in [0.717, 1.165) is 10.4 Å². The van der Waals surface area contributed by atoms with Crippen LogP contribution in [-0.2, 0) is 0 Å². The number of aryl methyl sites for hydroxylation is 1. The standard InChI is InChI=1S/C7H10FNS/c1-5-6(2-3-10-5)7(8)4-9/h2-3,7H,4,9H2,1H3. The molecule has 56 valence electrons. The predicted octanol–water partition coefficient (Wildman–Crippen LogP) is 2.03. The molecular weight excluding hydrogens is 149 g/mol. The lowest BCUT2D eigenvalue weighted by Gasteiger charge is -2.02. The maximum Gasteiger partial charge on any atom is 0.138 e. The summed E-state index contributed by atoms with van der Waals surface area (Å²) in [6, 6.07) is 1.79. The Balaban J connectivity index is 2.82. The molecule has 0 saturated carbocycles. The van der Waals surface area contributed by atoms with E-state index >= 15 is 0 Å². The third kappa shape index (κ3) is 1.36. The predicted molar refractivity (Wildman–Crippen MR) is 42.0 cm³/mol. The van der Waals surface area contributed by atoms with Gasteiger partial charge in [-0.05, 0) is 18.4 Å². The zero-order valence-electron chi connectivity index (χ0n) is 5.80. The zero-order valence-corrected chi connectivity index (χ0v) is 6.62. The molecule has 0 saturated heterocycles. The third-order valence-corrected chi connectivity index (χ3v) is 2.30. The molecule has 0 aliphatic heterocycles. The van der Waals surface area contributed by atoms with Crippen molar-refractivity contribution < 1.29 is 4.39 Å². The van der Waals surface area contributed by atoms with Gasteiger partial charge in [-0.25, -0.2) is 4.39 Å². The molecule has 1 unspecified atom stereocenters. The highest BCUT2D eigenvalue weighted by atomic mass is 32.1. The van der Waals surface area contributed by atoms with Gasteiger partial charge in [-0.2, -0.15) is 0 Å². The van der Waals surface area contributed by atoms with Crippen molar-refractivity contribution in [3.05, 3.63) is 21.9 Å². The lowest BCUT2D eigenvalue weighted by Crippen LogP contribution is -2.07. The summed E-state index contributed by atoms with van der Waals surface area (Å²) in [6.07, 6.45) is -0.980. The molecule has 0 spiro atoms. The second-order valence-corrected chi connectivity index (χ2v) is 3.26. The van der Waals surface area contributed by atoms with Crippen LogP contribution in [0.2, 0.25) is 0 Å². The molecular formula is C7H10FNS. The number of alkyl halides is 1. The van der Waals surface area contributed by atoms with E-state index in [0.29, 0.717) is 0 Å². The minimum atomic E-state index is -0.980. The number of halogens is 1. The summed E-state index contributed by atoms with van der Waals surface area (Å²) < 4.78 is 12.8. The number of thiophene rings is 1. The van der Waals surface area contributed by atoms with Gasteiger partial charge in [-0.1, -0.05) is 0 Å². The first kappa shape index (κ1) is 7.69. The van der Waals surface area contributed by atoms with Gasteiger partial charge in [-0.15, -0.1) is 11.3 Å². The fourth-order valence-electron chi connectivity index (χ4n) is 0.847. The van der Waals surface area contributed by atoms with Crippen molar-refractivity contribution in [3.8, 4) is 0 Å². The number of hydrogen-bond acceptors (Lipinski definition) is 2. The molecule has 0 bridgehead atoms. The summed E-state index contributed by atoms with van der Waals surface area (Å²) in [6.45, 7) is 1.99. The smallest absolute Gasteiger partial charge is 0.138 e. The van der Waals surface area contributed by atoms with Crippen LogP contribution in [0.1, 0.15) is 16.6 Å². The van der Waals surface area contributed by atoms with E-state index in [2.05, 4.69) is 0 Å². The minimum absolute atomic E-state index is 0.0809. The van der Waals surface area contributed by atoms with Crippen LogP contribution in [0.5, 0.6) is 0 Å². The Morgan fingerprint density at radius 3 is 2.90 bits per heavy atom. The Morgan fingerprint density at radius 1 is 1.80 bits per heavy atom. The van der Waals surface area contributed by atoms with Gasteiger partial charge in [0.2, 0.25) is 0 Å². The van der Waals surface area contributed by atoms with E-state index in [4.69, 9.17) is 5.73 Å². The Morgan fingerprint density at radius 2 is 2.50 bits per heavy atom. The van der Waals surface area contributed by atoms with Gasteiger partial charge >= 0.3 is 0 Å². The summed E-state index contributed by atoms with van der Waals surface area (Å²) >= 11 is 1.55. The highest BCUT2D eigenvalue weighted by Gasteiger charge is 2.09. The van der Waals surface area contributed by atoms with E-state index in [1.165, 1.54) is 0 Å². The molecule has 1 aromatic heterocycles. The molecule has 1 heterocycles. The number of nitrogens with two attached hydrogens (primary N) is 1. The first-order chi connectivity index (χ1) is 4.75. The minimum Gasteiger partial charge on any atom is -0.327 e. The Labute approximate surface area is 63.7 Å². The molecule has 0 aliphatic rings. The van der Waals surface area contributed by atoms with Crippen LogP contribution in [0, 0.1) is 6.92 Å². The van der Waals surface area contributed by atoms with Crippen molar-refractivity contribution in [2.75, 3.05) is 6.54 Å². The Hall–Kier alpha value is -0.410. The lowest BCUT2D eigenvalue weighted by molar-refractivity contribution is 0.352. The Kier molecular flexibility index (Phi) is 2.40. The first-order valence-electron chi connectivity index (χ1n) is 3.14. The topological polar surface area (TPSA) is 26.0 Å². The molecule has 1 nitrogen and oxygen atoms in total. The summed E-state index contributed by atoms with van der Waals surface area (Å²) in [5.41, 5.74) is 5.90. The van der Waals surface area contributed by atoms with E-state index in [-0.39, 0.29) is 6.54 Å². The van der Waals surface area contributed by atoms with E-state index in [9.17, 15) is 4.39 Å². The van der Waals surface area contributed by atoms with Crippen molar-refractivity contribution in [2.45, 2.75) is 13.1 Å². The van der Waals surface area contributed by atoms with Gasteiger partial charge in [0.25, 0.3) is 0 Å². The molecule has 0 fully saturated rings. The molecule has 1 rings (SSSR count). The van der Waals surface area contributed by atoms with Crippen LogP contribution in [0.25, 0.3) is 0 Å². The molecule has 0 radical (unpaired) electrons. The quantitative estimate of drug-likeness (QED) is 0.702. The molecule has 10 heavy (non-hydrogen) atoms. The second-order valence-electron chi connectivity index (χ2n) is 2.14. The maximum absolute atomic E-state index is 12.8. The average Bonchev–Trinajstić information content (AvgIpc) is 2.34. The van der Waals surface area contributed by atoms with Gasteiger partial charge in [-0.3, -0.25) is 0 Å². The SMILES string of the molecule is Cc1sccc1C(F)CN. The third-order valence-electron chi connectivity index (χ3n) is 1.44. The fraction of sp³-hybridized carbons (Fsp3) is 0.429. The first-order valence-corrected chi connectivity index (χ1v) is 4.01. The molecule has 0 amide bonds. The van der Waals surface area contributed by atoms with Gasteiger partial charge < -0.3 is 5.73 Å². The van der Waals surface area contributed by atoms with Gasteiger partial charge in [0, 0.05) is 17.0 Å².